The van der Waals surface area contributed by atoms with Crippen molar-refractivity contribution in [1.29, 1.82) is 0 Å². The lowest BCUT2D eigenvalue weighted by Gasteiger charge is -2.13. The average Bonchev–Trinajstić information content (AvgIpc) is 2.74. The van der Waals surface area contributed by atoms with Crippen LogP contribution in [0.1, 0.15) is 31.2 Å². The number of nitrogens with two attached hydrogens (primary N) is 1. The van der Waals surface area contributed by atoms with Crippen molar-refractivity contribution < 1.29 is 4.74 Å². The molecule has 0 spiro atoms. The standard InChI is InChI=1S/C13H19NO/c14-10-9-11-5-7-13(8-6-11)15-12-3-1-2-4-12/h5-8,12H,1-4,9-10,14H2. The van der Waals surface area contributed by atoms with Gasteiger partial charge in [-0.05, 0) is 56.3 Å². The van der Waals surface area contributed by atoms with E-state index >= 15 is 0 Å². The van der Waals surface area contributed by atoms with Gasteiger partial charge in [-0.2, -0.15) is 0 Å². The van der Waals surface area contributed by atoms with Crippen molar-refractivity contribution >= 4 is 0 Å². The minimum atomic E-state index is 0.449. The molecule has 1 saturated carbocycles. The van der Waals surface area contributed by atoms with Gasteiger partial charge in [0.25, 0.3) is 0 Å². The zero-order valence-electron chi connectivity index (χ0n) is 9.11. The largest absolute Gasteiger partial charge is 0.490 e. The maximum absolute atomic E-state index is 5.88. The molecule has 2 N–H and O–H groups in total. The van der Waals surface area contributed by atoms with E-state index in [4.69, 9.17) is 10.5 Å². The Bertz CT molecular complexity index is 288. The van der Waals surface area contributed by atoms with Crippen LogP contribution in [0.2, 0.25) is 0 Å². The van der Waals surface area contributed by atoms with Crippen LogP contribution in [0.3, 0.4) is 0 Å². The Morgan fingerprint density at radius 2 is 1.80 bits per heavy atom. The van der Waals surface area contributed by atoms with Crippen LogP contribution in [-0.2, 0) is 6.42 Å². The monoisotopic (exact) mass is 205 g/mol. The van der Waals surface area contributed by atoms with E-state index in [0.29, 0.717) is 12.6 Å². The van der Waals surface area contributed by atoms with Gasteiger partial charge in [-0.25, -0.2) is 0 Å². The highest BCUT2D eigenvalue weighted by Crippen LogP contribution is 2.24. The molecule has 0 radical (unpaired) electrons. The van der Waals surface area contributed by atoms with Crippen molar-refractivity contribution in [2.75, 3.05) is 6.54 Å². The van der Waals surface area contributed by atoms with Crippen LogP contribution in [-0.4, -0.2) is 12.6 Å². The lowest BCUT2D eigenvalue weighted by Crippen LogP contribution is -2.10. The molecule has 1 fully saturated rings. The highest BCUT2D eigenvalue weighted by molar-refractivity contribution is 5.27. The molecular weight excluding hydrogens is 186 g/mol. The maximum Gasteiger partial charge on any atom is 0.119 e. The van der Waals surface area contributed by atoms with Gasteiger partial charge in [0.2, 0.25) is 0 Å². The molecule has 1 aliphatic rings. The molecule has 15 heavy (non-hydrogen) atoms. The Morgan fingerprint density at radius 3 is 2.40 bits per heavy atom. The fraction of sp³-hybridized carbons (Fsp3) is 0.538. The highest BCUT2D eigenvalue weighted by atomic mass is 16.5. The molecule has 0 aromatic heterocycles. The lowest BCUT2D eigenvalue weighted by molar-refractivity contribution is 0.210. The van der Waals surface area contributed by atoms with Crippen LogP contribution in [0.15, 0.2) is 24.3 Å². The first-order valence-electron chi connectivity index (χ1n) is 5.84. The molecule has 0 aliphatic heterocycles. The van der Waals surface area contributed by atoms with Crippen molar-refractivity contribution in [3.63, 3.8) is 0 Å². The minimum Gasteiger partial charge on any atom is -0.490 e. The molecule has 2 rings (SSSR count). The van der Waals surface area contributed by atoms with Crippen LogP contribution in [0.5, 0.6) is 5.75 Å². The summed E-state index contributed by atoms with van der Waals surface area (Å²) in [6.07, 6.45) is 6.45. The van der Waals surface area contributed by atoms with E-state index in [0.717, 1.165) is 12.2 Å². The second-order valence-electron chi connectivity index (χ2n) is 4.21. The molecule has 0 atom stereocenters. The highest BCUT2D eigenvalue weighted by Gasteiger charge is 2.15. The van der Waals surface area contributed by atoms with Gasteiger partial charge in [0.15, 0.2) is 0 Å². The summed E-state index contributed by atoms with van der Waals surface area (Å²) in [6.45, 7) is 0.711. The predicted molar refractivity (Wildman–Crippen MR) is 62.1 cm³/mol. The normalized spacial score (nSPS) is 16.9. The van der Waals surface area contributed by atoms with Crippen molar-refractivity contribution in [3.05, 3.63) is 29.8 Å². The van der Waals surface area contributed by atoms with Gasteiger partial charge < -0.3 is 10.5 Å². The number of rotatable bonds is 4. The van der Waals surface area contributed by atoms with E-state index in [1.807, 2.05) is 0 Å². The van der Waals surface area contributed by atoms with Gasteiger partial charge in [-0.15, -0.1) is 0 Å². The van der Waals surface area contributed by atoms with Crippen molar-refractivity contribution in [1.82, 2.24) is 0 Å². The van der Waals surface area contributed by atoms with Gasteiger partial charge in [0, 0.05) is 0 Å². The molecule has 1 aromatic carbocycles. The predicted octanol–water partition coefficient (Wildman–Crippen LogP) is 2.51. The van der Waals surface area contributed by atoms with E-state index in [9.17, 15) is 0 Å². The molecule has 1 aromatic rings. The van der Waals surface area contributed by atoms with E-state index < -0.39 is 0 Å². The zero-order valence-corrected chi connectivity index (χ0v) is 9.11. The Labute approximate surface area is 91.4 Å². The first-order chi connectivity index (χ1) is 7.38. The molecule has 0 unspecified atom stereocenters. The second-order valence-corrected chi connectivity index (χ2v) is 4.21. The third kappa shape index (κ3) is 2.96. The summed E-state index contributed by atoms with van der Waals surface area (Å²) in [5.41, 5.74) is 6.79. The molecule has 0 heterocycles. The average molecular weight is 205 g/mol. The summed E-state index contributed by atoms with van der Waals surface area (Å²) in [7, 11) is 0. The number of benzene rings is 1. The summed E-state index contributed by atoms with van der Waals surface area (Å²) >= 11 is 0. The zero-order chi connectivity index (χ0) is 10.5. The van der Waals surface area contributed by atoms with Crippen molar-refractivity contribution in [3.8, 4) is 5.75 Å². The van der Waals surface area contributed by atoms with Crippen LogP contribution >= 0.6 is 0 Å². The van der Waals surface area contributed by atoms with E-state index in [2.05, 4.69) is 24.3 Å². The quantitative estimate of drug-likeness (QED) is 0.819. The minimum absolute atomic E-state index is 0.449. The van der Waals surface area contributed by atoms with E-state index in [1.54, 1.807) is 0 Å². The van der Waals surface area contributed by atoms with Gasteiger partial charge in [-0.3, -0.25) is 0 Å². The van der Waals surface area contributed by atoms with Crippen LogP contribution in [0, 0.1) is 0 Å². The molecule has 2 nitrogen and oxygen atoms in total. The van der Waals surface area contributed by atoms with Gasteiger partial charge in [-0.1, -0.05) is 12.1 Å². The summed E-state index contributed by atoms with van der Waals surface area (Å²) < 4.78 is 5.88. The Hall–Kier alpha value is -1.02. The van der Waals surface area contributed by atoms with Crippen LogP contribution in [0.4, 0.5) is 0 Å². The Morgan fingerprint density at radius 1 is 1.13 bits per heavy atom. The van der Waals surface area contributed by atoms with Gasteiger partial charge in [0.1, 0.15) is 5.75 Å². The molecule has 82 valence electrons. The summed E-state index contributed by atoms with van der Waals surface area (Å²) in [4.78, 5) is 0. The lowest BCUT2D eigenvalue weighted by atomic mass is 10.1. The smallest absolute Gasteiger partial charge is 0.119 e. The van der Waals surface area contributed by atoms with Crippen LogP contribution in [0.25, 0.3) is 0 Å². The Balaban J connectivity index is 1.91. The fourth-order valence-corrected chi connectivity index (χ4v) is 2.10. The third-order valence-electron chi connectivity index (χ3n) is 2.96. The van der Waals surface area contributed by atoms with E-state index in [1.165, 1.54) is 31.2 Å². The van der Waals surface area contributed by atoms with Crippen molar-refractivity contribution in [2.45, 2.75) is 38.2 Å². The maximum atomic E-state index is 5.88. The molecule has 0 saturated heterocycles. The molecule has 0 bridgehead atoms. The number of hydrogen-bond acceptors (Lipinski definition) is 2. The van der Waals surface area contributed by atoms with Gasteiger partial charge in [0.05, 0.1) is 6.10 Å². The van der Waals surface area contributed by atoms with E-state index in [-0.39, 0.29) is 0 Å². The second kappa shape index (κ2) is 5.17. The number of hydrogen-bond donors (Lipinski definition) is 1. The molecule has 0 amide bonds. The first kappa shape index (κ1) is 10.5. The Kier molecular flexibility index (Phi) is 3.62. The van der Waals surface area contributed by atoms with Gasteiger partial charge >= 0.3 is 0 Å². The fourth-order valence-electron chi connectivity index (χ4n) is 2.10. The summed E-state index contributed by atoms with van der Waals surface area (Å²) in [6, 6.07) is 8.33. The molecule has 2 heteroatoms. The topological polar surface area (TPSA) is 35.2 Å². The molecule has 1 aliphatic carbocycles. The first-order valence-corrected chi connectivity index (χ1v) is 5.84. The summed E-state index contributed by atoms with van der Waals surface area (Å²) in [5.74, 6) is 1.00. The van der Waals surface area contributed by atoms with Crippen molar-refractivity contribution in [2.24, 2.45) is 5.73 Å². The third-order valence-corrected chi connectivity index (χ3v) is 2.96. The number of ether oxygens (including phenoxy) is 1. The van der Waals surface area contributed by atoms with Crippen LogP contribution < -0.4 is 10.5 Å². The molecular formula is C13H19NO. The summed E-state index contributed by atoms with van der Waals surface area (Å²) in [5, 5.41) is 0. The SMILES string of the molecule is NCCc1ccc(OC2CCCC2)cc1.